The van der Waals surface area contributed by atoms with Crippen LogP contribution in [0.15, 0.2) is 24.3 Å². The van der Waals surface area contributed by atoms with Crippen LogP contribution in [0.5, 0.6) is 0 Å². The van der Waals surface area contributed by atoms with Gasteiger partial charge in [-0.1, -0.05) is 25.1 Å². The summed E-state index contributed by atoms with van der Waals surface area (Å²) >= 11 is 1.45. The third kappa shape index (κ3) is 3.38. The van der Waals surface area contributed by atoms with E-state index in [0.717, 1.165) is 17.0 Å². The molecule has 0 aliphatic rings. The van der Waals surface area contributed by atoms with Crippen LogP contribution in [0.2, 0.25) is 0 Å². The Hall–Kier alpha value is -1.75. The second-order valence-electron chi connectivity index (χ2n) is 4.19. The van der Waals surface area contributed by atoms with E-state index >= 15 is 0 Å². The van der Waals surface area contributed by atoms with Crippen LogP contribution in [0.1, 0.15) is 23.1 Å². The molecule has 0 unspecified atom stereocenters. The van der Waals surface area contributed by atoms with Crippen LogP contribution >= 0.6 is 11.3 Å². The van der Waals surface area contributed by atoms with Crippen LogP contribution in [-0.2, 0) is 17.6 Å². The van der Waals surface area contributed by atoms with E-state index in [4.69, 9.17) is 0 Å². The van der Waals surface area contributed by atoms with Crippen LogP contribution in [0.4, 0.5) is 9.52 Å². The third-order valence-electron chi connectivity index (χ3n) is 2.78. The van der Waals surface area contributed by atoms with E-state index in [-0.39, 0.29) is 18.1 Å². The van der Waals surface area contributed by atoms with Crippen molar-refractivity contribution in [2.75, 3.05) is 5.32 Å². The van der Waals surface area contributed by atoms with Crippen LogP contribution in [0, 0.1) is 12.7 Å². The quantitative estimate of drug-likeness (QED) is 0.932. The summed E-state index contributed by atoms with van der Waals surface area (Å²) in [4.78, 5) is 17.3. The van der Waals surface area contributed by atoms with Gasteiger partial charge in [0, 0.05) is 4.88 Å². The number of aryl methyl sites for hydroxylation is 2. The van der Waals surface area contributed by atoms with E-state index in [1.165, 1.54) is 17.4 Å². The summed E-state index contributed by atoms with van der Waals surface area (Å²) in [7, 11) is 0. The summed E-state index contributed by atoms with van der Waals surface area (Å²) in [5, 5.41) is 3.29. The first-order valence-electron chi connectivity index (χ1n) is 6.09. The Labute approximate surface area is 115 Å². The van der Waals surface area contributed by atoms with Crippen molar-refractivity contribution in [1.29, 1.82) is 0 Å². The van der Waals surface area contributed by atoms with Crippen molar-refractivity contribution < 1.29 is 9.18 Å². The van der Waals surface area contributed by atoms with Crippen molar-refractivity contribution in [1.82, 2.24) is 4.98 Å². The molecule has 1 N–H and O–H groups in total. The Balaban J connectivity index is 2.03. The highest BCUT2D eigenvalue weighted by molar-refractivity contribution is 7.15. The maximum Gasteiger partial charge on any atom is 0.230 e. The molecule has 2 rings (SSSR count). The first-order chi connectivity index (χ1) is 9.10. The van der Waals surface area contributed by atoms with Gasteiger partial charge >= 0.3 is 0 Å². The topological polar surface area (TPSA) is 42.0 Å². The largest absolute Gasteiger partial charge is 0.302 e. The number of benzene rings is 1. The molecule has 0 fully saturated rings. The van der Waals surface area contributed by atoms with E-state index in [1.807, 2.05) is 13.8 Å². The number of halogens is 1. The van der Waals surface area contributed by atoms with Gasteiger partial charge < -0.3 is 5.32 Å². The number of hydrogen-bond acceptors (Lipinski definition) is 3. The molecule has 3 nitrogen and oxygen atoms in total. The molecule has 0 atom stereocenters. The van der Waals surface area contributed by atoms with Crippen LogP contribution in [-0.4, -0.2) is 10.9 Å². The van der Waals surface area contributed by atoms with Gasteiger partial charge in [0.25, 0.3) is 0 Å². The third-order valence-corrected chi connectivity index (χ3v) is 3.71. The van der Waals surface area contributed by atoms with Gasteiger partial charge in [0.15, 0.2) is 5.13 Å². The summed E-state index contributed by atoms with van der Waals surface area (Å²) in [5.74, 6) is -0.608. The lowest BCUT2D eigenvalue weighted by atomic mass is 10.1. The average Bonchev–Trinajstić information content (AvgIpc) is 2.72. The molecule has 0 saturated carbocycles. The molecule has 1 aromatic heterocycles. The van der Waals surface area contributed by atoms with Gasteiger partial charge in [0.1, 0.15) is 5.82 Å². The zero-order valence-corrected chi connectivity index (χ0v) is 11.7. The van der Waals surface area contributed by atoms with Crippen LogP contribution in [0.25, 0.3) is 0 Å². The lowest BCUT2D eigenvalue weighted by Crippen LogP contribution is -2.15. The monoisotopic (exact) mass is 278 g/mol. The molecule has 1 amide bonds. The Morgan fingerprint density at radius 1 is 1.42 bits per heavy atom. The molecule has 0 radical (unpaired) electrons. The minimum Gasteiger partial charge on any atom is -0.302 e. The zero-order chi connectivity index (χ0) is 13.8. The second kappa shape index (κ2) is 5.93. The number of thiazole rings is 1. The smallest absolute Gasteiger partial charge is 0.230 e. The zero-order valence-electron chi connectivity index (χ0n) is 10.9. The molecule has 0 spiro atoms. The average molecular weight is 278 g/mol. The van der Waals surface area contributed by atoms with Crippen molar-refractivity contribution >= 4 is 22.4 Å². The molecule has 0 aliphatic heterocycles. The standard InChI is InChI=1S/C14H15FN2OS/c1-3-12-9(2)19-14(16-12)17-13(18)8-10-6-4-5-7-11(10)15/h4-7H,3,8H2,1-2H3,(H,16,17,18). The minimum absolute atomic E-state index is 0.0206. The number of aromatic nitrogens is 1. The van der Waals surface area contributed by atoms with Gasteiger partial charge in [-0.3, -0.25) is 4.79 Å². The van der Waals surface area contributed by atoms with Crippen molar-refractivity contribution in [2.24, 2.45) is 0 Å². The lowest BCUT2D eigenvalue weighted by Gasteiger charge is -2.03. The highest BCUT2D eigenvalue weighted by Gasteiger charge is 2.11. The Morgan fingerprint density at radius 3 is 2.79 bits per heavy atom. The molecule has 5 heteroatoms. The molecule has 100 valence electrons. The van der Waals surface area contributed by atoms with E-state index < -0.39 is 0 Å². The Kier molecular flexibility index (Phi) is 4.27. The molecule has 1 aromatic carbocycles. The molecule has 2 aromatic rings. The lowest BCUT2D eigenvalue weighted by molar-refractivity contribution is -0.115. The molecule has 19 heavy (non-hydrogen) atoms. The number of carbonyl (C=O) groups is 1. The summed E-state index contributed by atoms with van der Waals surface area (Å²) in [6.07, 6.45) is 0.859. The minimum atomic E-state index is -0.359. The molecule has 1 heterocycles. The Morgan fingerprint density at radius 2 is 2.16 bits per heavy atom. The maximum atomic E-state index is 13.4. The van der Waals surface area contributed by atoms with Crippen LogP contribution in [0.3, 0.4) is 0 Å². The number of amides is 1. The van der Waals surface area contributed by atoms with Crippen molar-refractivity contribution in [3.8, 4) is 0 Å². The SMILES string of the molecule is CCc1nc(NC(=O)Cc2ccccc2F)sc1C. The van der Waals surface area contributed by atoms with Gasteiger partial charge in [-0.05, 0) is 25.0 Å². The number of hydrogen-bond donors (Lipinski definition) is 1. The molecule has 0 bridgehead atoms. The predicted octanol–water partition coefficient (Wildman–Crippen LogP) is 3.33. The summed E-state index contributed by atoms with van der Waals surface area (Å²) < 4.78 is 13.4. The number of nitrogens with zero attached hydrogens (tertiary/aromatic N) is 1. The fourth-order valence-electron chi connectivity index (χ4n) is 1.79. The molecular formula is C14H15FN2OS. The maximum absolute atomic E-state index is 13.4. The number of carbonyl (C=O) groups excluding carboxylic acids is 1. The highest BCUT2D eigenvalue weighted by Crippen LogP contribution is 2.22. The van der Waals surface area contributed by atoms with E-state index in [0.29, 0.717) is 10.7 Å². The van der Waals surface area contributed by atoms with Gasteiger partial charge in [-0.2, -0.15) is 0 Å². The second-order valence-corrected chi connectivity index (χ2v) is 5.40. The first-order valence-corrected chi connectivity index (χ1v) is 6.91. The summed E-state index contributed by atoms with van der Waals surface area (Å²) in [6, 6.07) is 6.29. The van der Waals surface area contributed by atoms with Crippen LogP contribution < -0.4 is 5.32 Å². The number of rotatable bonds is 4. The number of anilines is 1. The summed E-state index contributed by atoms with van der Waals surface area (Å²) in [5.41, 5.74) is 1.38. The van der Waals surface area contributed by atoms with E-state index in [2.05, 4.69) is 10.3 Å². The number of nitrogens with one attached hydrogen (secondary N) is 1. The van der Waals surface area contributed by atoms with E-state index in [1.54, 1.807) is 18.2 Å². The highest BCUT2D eigenvalue weighted by atomic mass is 32.1. The Bertz CT molecular complexity index is 595. The van der Waals surface area contributed by atoms with Gasteiger partial charge in [0.05, 0.1) is 12.1 Å². The first kappa shape index (κ1) is 13.7. The van der Waals surface area contributed by atoms with E-state index in [9.17, 15) is 9.18 Å². The van der Waals surface area contributed by atoms with Gasteiger partial charge in [0.2, 0.25) is 5.91 Å². The molecule has 0 aliphatic carbocycles. The fourth-order valence-corrected chi connectivity index (χ4v) is 2.71. The van der Waals surface area contributed by atoms with Gasteiger partial charge in [-0.15, -0.1) is 11.3 Å². The fraction of sp³-hybridized carbons (Fsp3) is 0.286. The normalized spacial score (nSPS) is 10.5. The predicted molar refractivity (Wildman–Crippen MR) is 75.0 cm³/mol. The summed E-state index contributed by atoms with van der Waals surface area (Å²) in [6.45, 7) is 4.00. The molecule has 0 saturated heterocycles. The molecular weight excluding hydrogens is 263 g/mol. The van der Waals surface area contributed by atoms with Crippen molar-refractivity contribution in [3.05, 3.63) is 46.2 Å². The van der Waals surface area contributed by atoms with Gasteiger partial charge in [-0.25, -0.2) is 9.37 Å². The van der Waals surface area contributed by atoms with Crippen molar-refractivity contribution in [3.63, 3.8) is 0 Å². The van der Waals surface area contributed by atoms with Crippen molar-refractivity contribution in [2.45, 2.75) is 26.7 Å².